The summed E-state index contributed by atoms with van der Waals surface area (Å²) in [4.78, 5) is 46.6. The maximum Gasteiger partial charge on any atom is 0.347 e. The van der Waals surface area contributed by atoms with Crippen molar-refractivity contribution >= 4 is 23.7 Å². The quantitative estimate of drug-likeness (QED) is 0.429. The number of carbonyl (C=O) groups is 4. The summed E-state index contributed by atoms with van der Waals surface area (Å²) in [6.07, 6.45) is -3.92. The van der Waals surface area contributed by atoms with Crippen molar-refractivity contribution in [1.29, 1.82) is 0 Å². The van der Waals surface area contributed by atoms with Crippen molar-refractivity contribution in [2.75, 3.05) is 6.61 Å². The average Bonchev–Trinajstić information content (AvgIpc) is 2.53. The molecule has 0 radical (unpaired) electrons. The molecule has 0 heterocycles. The zero-order chi connectivity index (χ0) is 18.9. The van der Waals surface area contributed by atoms with Gasteiger partial charge >= 0.3 is 17.9 Å². The number of hydrogen-bond acceptors (Lipinski definition) is 8. The molecule has 8 nitrogen and oxygen atoms in total. The second-order valence-electron chi connectivity index (χ2n) is 5.15. The predicted octanol–water partition coefficient (Wildman–Crippen LogP) is 1.19. The minimum Gasteiger partial charge on any atom is -0.452 e. The molecule has 0 saturated heterocycles. The van der Waals surface area contributed by atoms with E-state index in [4.69, 9.17) is 18.9 Å². The third-order valence-corrected chi connectivity index (χ3v) is 3.09. The number of hydrogen-bond donors (Lipinski definition) is 0. The molecule has 0 spiro atoms. The Hall–Kier alpha value is -1.96. The first-order chi connectivity index (χ1) is 11.1. The first-order valence-corrected chi connectivity index (χ1v) is 7.89. The van der Waals surface area contributed by atoms with E-state index in [1.165, 1.54) is 27.7 Å². The summed E-state index contributed by atoms with van der Waals surface area (Å²) in [5, 5.41) is 0. The van der Waals surface area contributed by atoms with Crippen molar-refractivity contribution in [3.8, 4) is 0 Å². The van der Waals surface area contributed by atoms with Crippen LogP contribution in [0.5, 0.6) is 0 Å². The average molecular weight is 346 g/mol. The first kappa shape index (κ1) is 22.0. The van der Waals surface area contributed by atoms with E-state index in [2.05, 4.69) is 0 Å². The molecule has 0 fully saturated rings. The molecule has 0 N–H and O–H groups in total. The lowest BCUT2D eigenvalue weighted by Crippen LogP contribution is -2.37. The van der Waals surface area contributed by atoms with Crippen LogP contribution in [0.25, 0.3) is 0 Å². The van der Waals surface area contributed by atoms with Gasteiger partial charge in [0.25, 0.3) is 0 Å². The van der Waals surface area contributed by atoms with E-state index < -0.39 is 42.3 Å². The lowest BCUT2D eigenvalue weighted by molar-refractivity contribution is -0.181. The van der Waals surface area contributed by atoms with Crippen LogP contribution in [-0.2, 0) is 38.1 Å². The zero-order valence-electron chi connectivity index (χ0n) is 15.0. The summed E-state index contributed by atoms with van der Waals surface area (Å²) in [5.74, 6) is -2.70. The van der Waals surface area contributed by atoms with E-state index in [0.29, 0.717) is 6.61 Å². The van der Waals surface area contributed by atoms with Crippen molar-refractivity contribution in [3.63, 3.8) is 0 Å². The zero-order valence-corrected chi connectivity index (χ0v) is 15.0. The molecule has 0 aliphatic rings. The van der Waals surface area contributed by atoms with Crippen LogP contribution in [0, 0.1) is 0 Å². The highest BCUT2D eigenvalue weighted by Crippen LogP contribution is 2.06. The molecule has 138 valence electrons. The lowest BCUT2D eigenvalue weighted by atomic mass is 10.2. The minimum absolute atomic E-state index is 0.230. The Morgan fingerprint density at radius 3 is 1.42 bits per heavy atom. The van der Waals surface area contributed by atoms with E-state index in [1.807, 2.05) is 0 Å². The van der Waals surface area contributed by atoms with Crippen LogP contribution >= 0.6 is 0 Å². The molecule has 0 aliphatic heterocycles. The topological polar surface area (TPSA) is 105 Å². The Labute approximate surface area is 141 Å². The standard InChI is InChI=1S/C16H26O8/c1-7-13(17)9(3)22-15(19)11(5)24-16(20)12(6)23-14(18)10(4)21-8-2/h9-12H,7-8H2,1-6H3/t9-,10-,11-,12-/m0/s1. The Morgan fingerprint density at radius 2 is 1.04 bits per heavy atom. The molecule has 0 bridgehead atoms. The second kappa shape index (κ2) is 10.7. The number of ketones is 1. The number of ether oxygens (including phenoxy) is 4. The molecule has 4 atom stereocenters. The van der Waals surface area contributed by atoms with Gasteiger partial charge in [0.2, 0.25) is 0 Å². The van der Waals surface area contributed by atoms with E-state index >= 15 is 0 Å². The number of esters is 3. The van der Waals surface area contributed by atoms with Gasteiger partial charge < -0.3 is 18.9 Å². The highest BCUT2D eigenvalue weighted by Gasteiger charge is 2.28. The Bertz CT molecular complexity index is 459. The van der Waals surface area contributed by atoms with Gasteiger partial charge in [0, 0.05) is 13.0 Å². The van der Waals surface area contributed by atoms with Gasteiger partial charge in [-0.15, -0.1) is 0 Å². The molecular weight excluding hydrogens is 320 g/mol. The van der Waals surface area contributed by atoms with Crippen molar-refractivity contribution in [2.24, 2.45) is 0 Å². The summed E-state index contributed by atoms with van der Waals surface area (Å²) in [5.41, 5.74) is 0. The fourth-order valence-electron chi connectivity index (χ4n) is 1.58. The van der Waals surface area contributed by atoms with E-state index in [-0.39, 0.29) is 12.2 Å². The molecule has 0 aliphatic carbocycles. The van der Waals surface area contributed by atoms with Crippen molar-refractivity contribution < 1.29 is 38.1 Å². The summed E-state index contributed by atoms with van der Waals surface area (Å²) in [6, 6.07) is 0. The summed E-state index contributed by atoms with van der Waals surface area (Å²) in [7, 11) is 0. The molecule has 8 heteroatoms. The molecular formula is C16H26O8. The van der Waals surface area contributed by atoms with Crippen molar-refractivity contribution in [3.05, 3.63) is 0 Å². The van der Waals surface area contributed by atoms with E-state index in [1.54, 1.807) is 13.8 Å². The summed E-state index contributed by atoms with van der Waals surface area (Å²) >= 11 is 0. The van der Waals surface area contributed by atoms with Crippen molar-refractivity contribution in [1.82, 2.24) is 0 Å². The van der Waals surface area contributed by atoms with Crippen LogP contribution < -0.4 is 0 Å². The van der Waals surface area contributed by atoms with Crippen LogP contribution in [0.15, 0.2) is 0 Å². The highest BCUT2D eigenvalue weighted by molar-refractivity contribution is 5.87. The Balaban J connectivity index is 4.45. The van der Waals surface area contributed by atoms with Crippen LogP contribution in [-0.4, -0.2) is 54.7 Å². The van der Waals surface area contributed by atoms with Crippen LogP contribution in [0.4, 0.5) is 0 Å². The largest absolute Gasteiger partial charge is 0.452 e. The van der Waals surface area contributed by atoms with Crippen molar-refractivity contribution in [2.45, 2.75) is 72.4 Å². The fourth-order valence-corrected chi connectivity index (χ4v) is 1.58. The molecule has 24 heavy (non-hydrogen) atoms. The summed E-state index contributed by atoms with van der Waals surface area (Å²) in [6.45, 7) is 9.26. The minimum atomic E-state index is -1.23. The molecule has 0 saturated carbocycles. The van der Waals surface area contributed by atoms with Gasteiger partial charge in [0.15, 0.2) is 30.2 Å². The smallest absolute Gasteiger partial charge is 0.347 e. The Kier molecular flexibility index (Phi) is 9.87. The van der Waals surface area contributed by atoms with Gasteiger partial charge in [0.1, 0.15) is 0 Å². The number of Topliss-reactive ketones (excluding diaryl/α,β-unsaturated/α-hetero) is 1. The van der Waals surface area contributed by atoms with Gasteiger partial charge in [-0.1, -0.05) is 6.92 Å². The molecule has 0 aromatic carbocycles. The highest BCUT2D eigenvalue weighted by atomic mass is 16.6. The van der Waals surface area contributed by atoms with Crippen LogP contribution in [0.3, 0.4) is 0 Å². The molecule has 0 aromatic rings. The lowest BCUT2D eigenvalue weighted by Gasteiger charge is -2.19. The summed E-state index contributed by atoms with van der Waals surface area (Å²) < 4.78 is 19.7. The van der Waals surface area contributed by atoms with E-state index in [0.717, 1.165) is 0 Å². The maximum absolute atomic E-state index is 11.8. The monoisotopic (exact) mass is 346 g/mol. The van der Waals surface area contributed by atoms with Gasteiger partial charge in [-0.2, -0.15) is 0 Å². The fraction of sp³-hybridized carbons (Fsp3) is 0.750. The third kappa shape index (κ3) is 7.54. The van der Waals surface area contributed by atoms with E-state index in [9.17, 15) is 19.2 Å². The van der Waals surface area contributed by atoms with Gasteiger partial charge in [-0.25, -0.2) is 14.4 Å². The maximum atomic E-state index is 11.8. The normalized spacial score (nSPS) is 15.6. The SMILES string of the molecule is CCO[C@@H](C)C(=O)O[C@@H](C)C(=O)O[C@@H](C)C(=O)O[C@@H](C)C(=O)CC. The molecule has 0 aromatic heterocycles. The number of carbonyl (C=O) groups excluding carboxylic acids is 4. The van der Waals surface area contributed by atoms with Crippen LogP contribution in [0.2, 0.25) is 0 Å². The van der Waals surface area contributed by atoms with Gasteiger partial charge in [-0.3, -0.25) is 4.79 Å². The first-order valence-electron chi connectivity index (χ1n) is 7.89. The second-order valence-corrected chi connectivity index (χ2v) is 5.15. The number of rotatable bonds is 10. The molecule has 0 unspecified atom stereocenters. The predicted molar refractivity (Wildman–Crippen MR) is 83.0 cm³/mol. The van der Waals surface area contributed by atoms with Gasteiger partial charge in [-0.05, 0) is 34.6 Å². The van der Waals surface area contributed by atoms with Crippen LogP contribution in [0.1, 0.15) is 48.0 Å². The Morgan fingerprint density at radius 1 is 0.667 bits per heavy atom. The molecule has 0 amide bonds. The van der Waals surface area contributed by atoms with Gasteiger partial charge in [0.05, 0.1) is 0 Å². The third-order valence-electron chi connectivity index (χ3n) is 3.09. The molecule has 0 rings (SSSR count).